The van der Waals surface area contributed by atoms with Crippen molar-refractivity contribution in [1.82, 2.24) is 0 Å². The number of esters is 1. The van der Waals surface area contributed by atoms with Gasteiger partial charge in [-0.2, -0.15) is 0 Å². The normalized spacial score (nSPS) is 10.2. The van der Waals surface area contributed by atoms with E-state index in [0.29, 0.717) is 15.8 Å². The van der Waals surface area contributed by atoms with Crippen LogP contribution in [-0.4, -0.2) is 5.97 Å². The van der Waals surface area contributed by atoms with E-state index in [0.717, 1.165) is 11.1 Å². The number of rotatable bonds is 2. The molecule has 18 heavy (non-hydrogen) atoms. The molecule has 0 bridgehead atoms. The van der Waals surface area contributed by atoms with Crippen LogP contribution in [0.5, 0.6) is 5.75 Å². The highest BCUT2D eigenvalue weighted by atomic mass is 35.5. The molecule has 0 N–H and O–H groups in total. The molecule has 92 valence electrons. The van der Waals surface area contributed by atoms with Crippen molar-refractivity contribution in [2.24, 2.45) is 0 Å². The van der Waals surface area contributed by atoms with Crippen molar-refractivity contribution in [2.75, 3.05) is 0 Å². The highest BCUT2D eigenvalue weighted by Gasteiger charge is 2.04. The van der Waals surface area contributed by atoms with Gasteiger partial charge in [-0.15, -0.1) is 0 Å². The van der Waals surface area contributed by atoms with Crippen LogP contribution in [0.25, 0.3) is 11.1 Å². The van der Waals surface area contributed by atoms with Crippen LogP contribution >= 0.6 is 23.2 Å². The lowest BCUT2D eigenvalue weighted by atomic mass is 10.1. The average Bonchev–Trinajstić information content (AvgIpc) is 2.27. The van der Waals surface area contributed by atoms with Gasteiger partial charge in [0, 0.05) is 17.0 Å². The summed E-state index contributed by atoms with van der Waals surface area (Å²) in [5, 5.41) is 1.13. The van der Waals surface area contributed by atoms with E-state index < -0.39 is 0 Å². The van der Waals surface area contributed by atoms with Gasteiger partial charge in [0.2, 0.25) is 0 Å². The van der Waals surface area contributed by atoms with Crippen LogP contribution in [0.15, 0.2) is 42.5 Å². The standard InChI is InChI=1S/C14H10Cl2O2/c1-9(17)18-14-4-2-3-10(7-14)11-5-12(15)8-13(16)6-11/h2-8H,1H3. The Morgan fingerprint density at radius 1 is 1.00 bits per heavy atom. The molecule has 0 unspecified atom stereocenters. The Morgan fingerprint density at radius 3 is 2.28 bits per heavy atom. The Kier molecular flexibility index (Phi) is 3.90. The summed E-state index contributed by atoms with van der Waals surface area (Å²) in [6.45, 7) is 1.36. The van der Waals surface area contributed by atoms with Crippen LogP contribution in [0.4, 0.5) is 0 Å². The van der Waals surface area contributed by atoms with Crippen molar-refractivity contribution in [3.8, 4) is 16.9 Å². The van der Waals surface area contributed by atoms with Gasteiger partial charge in [0.05, 0.1) is 0 Å². The van der Waals surface area contributed by atoms with E-state index >= 15 is 0 Å². The summed E-state index contributed by atoms with van der Waals surface area (Å²) < 4.78 is 5.03. The first-order chi connectivity index (χ1) is 8.54. The zero-order chi connectivity index (χ0) is 13.1. The summed E-state index contributed by atoms with van der Waals surface area (Å²) in [5.41, 5.74) is 1.76. The second-order valence-corrected chi connectivity index (χ2v) is 4.65. The van der Waals surface area contributed by atoms with E-state index in [4.69, 9.17) is 27.9 Å². The molecule has 2 aromatic rings. The zero-order valence-corrected chi connectivity index (χ0v) is 11.1. The maximum Gasteiger partial charge on any atom is 0.308 e. The maximum absolute atomic E-state index is 10.9. The fourth-order valence-electron chi connectivity index (χ4n) is 1.63. The first-order valence-electron chi connectivity index (χ1n) is 5.29. The number of carbonyl (C=O) groups excluding carboxylic acids is 1. The minimum absolute atomic E-state index is 0.351. The molecule has 0 aliphatic carbocycles. The molecule has 0 atom stereocenters. The first-order valence-corrected chi connectivity index (χ1v) is 6.05. The van der Waals surface area contributed by atoms with E-state index in [1.165, 1.54) is 6.92 Å². The van der Waals surface area contributed by atoms with E-state index in [2.05, 4.69) is 0 Å². The van der Waals surface area contributed by atoms with Crippen LogP contribution in [0.3, 0.4) is 0 Å². The second kappa shape index (κ2) is 5.42. The monoisotopic (exact) mass is 280 g/mol. The molecule has 0 spiro atoms. The highest BCUT2D eigenvalue weighted by molar-refractivity contribution is 6.35. The third kappa shape index (κ3) is 3.25. The molecule has 0 aliphatic heterocycles. The van der Waals surface area contributed by atoms with Crippen LogP contribution in [0.1, 0.15) is 6.92 Å². The van der Waals surface area contributed by atoms with Crippen molar-refractivity contribution < 1.29 is 9.53 Å². The predicted molar refractivity (Wildman–Crippen MR) is 73.2 cm³/mol. The van der Waals surface area contributed by atoms with Crippen molar-refractivity contribution in [3.05, 3.63) is 52.5 Å². The molecular weight excluding hydrogens is 271 g/mol. The average molecular weight is 281 g/mol. The van der Waals surface area contributed by atoms with Crippen molar-refractivity contribution >= 4 is 29.2 Å². The molecule has 0 aromatic heterocycles. The smallest absolute Gasteiger partial charge is 0.308 e. The van der Waals surface area contributed by atoms with Gasteiger partial charge >= 0.3 is 5.97 Å². The van der Waals surface area contributed by atoms with Gasteiger partial charge in [0.1, 0.15) is 5.75 Å². The molecule has 2 aromatic carbocycles. The first kappa shape index (κ1) is 12.9. The lowest BCUT2D eigenvalue weighted by molar-refractivity contribution is -0.131. The minimum atomic E-state index is -0.351. The number of halogens is 2. The van der Waals surface area contributed by atoms with Gasteiger partial charge in [-0.1, -0.05) is 35.3 Å². The number of carbonyl (C=O) groups is 1. The lowest BCUT2D eigenvalue weighted by Crippen LogP contribution is -2.01. The molecule has 0 radical (unpaired) electrons. The van der Waals surface area contributed by atoms with Crippen LogP contribution in [0, 0.1) is 0 Å². The molecule has 0 heterocycles. The molecule has 0 amide bonds. The van der Waals surface area contributed by atoms with Gasteiger partial charge in [0.15, 0.2) is 0 Å². The number of hydrogen-bond donors (Lipinski definition) is 0. The van der Waals surface area contributed by atoms with E-state index in [9.17, 15) is 4.79 Å². The second-order valence-electron chi connectivity index (χ2n) is 3.78. The van der Waals surface area contributed by atoms with Crippen LogP contribution in [-0.2, 0) is 4.79 Å². The quantitative estimate of drug-likeness (QED) is 0.594. The summed E-state index contributed by atoms with van der Waals surface area (Å²) in [7, 11) is 0. The largest absolute Gasteiger partial charge is 0.427 e. The van der Waals surface area contributed by atoms with Crippen LogP contribution in [0.2, 0.25) is 10.0 Å². The third-order valence-corrected chi connectivity index (χ3v) is 2.73. The van der Waals surface area contributed by atoms with E-state index in [1.54, 1.807) is 30.3 Å². The zero-order valence-electron chi connectivity index (χ0n) is 9.61. The maximum atomic E-state index is 10.9. The van der Waals surface area contributed by atoms with Crippen molar-refractivity contribution in [3.63, 3.8) is 0 Å². The van der Waals surface area contributed by atoms with Gasteiger partial charge in [-0.3, -0.25) is 4.79 Å². The number of ether oxygens (including phenoxy) is 1. The summed E-state index contributed by atoms with van der Waals surface area (Å²) in [4.78, 5) is 10.9. The SMILES string of the molecule is CC(=O)Oc1cccc(-c2cc(Cl)cc(Cl)c2)c1. The Labute approximate surface area is 115 Å². The van der Waals surface area contributed by atoms with Gasteiger partial charge in [0.25, 0.3) is 0 Å². The fraction of sp³-hybridized carbons (Fsp3) is 0.0714. The van der Waals surface area contributed by atoms with Crippen LogP contribution < -0.4 is 4.74 Å². The Hall–Kier alpha value is -1.51. The molecule has 4 heteroatoms. The number of hydrogen-bond acceptors (Lipinski definition) is 2. The van der Waals surface area contributed by atoms with Gasteiger partial charge in [-0.25, -0.2) is 0 Å². The molecule has 0 saturated heterocycles. The van der Waals surface area contributed by atoms with Crippen molar-refractivity contribution in [1.29, 1.82) is 0 Å². The van der Waals surface area contributed by atoms with E-state index in [-0.39, 0.29) is 5.97 Å². The van der Waals surface area contributed by atoms with Gasteiger partial charge < -0.3 is 4.74 Å². The Bertz CT molecular complexity index is 574. The highest BCUT2D eigenvalue weighted by Crippen LogP contribution is 2.29. The number of benzene rings is 2. The molecule has 0 fully saturated rings. The minimum Gasteiger partial charge on any atom is -0.427 e. The summed E-state index contributed by atoms with van der Waals surface area (Å²) >= 11 is 11.9. The van der Waals surface area contributed by atoms with Crippen molar-refractivity contribution in [2.45, 2.75) is 6.92 Å². The Morgan fingerprint density at radius 2 is 1.67 bits per heavy atom. The molecule has 2 nitrogen and oxygen atoms in total. The molecule has 0 aliphatic rings. The Balaban J connectivity index is 2.41. The van der Waals surface area contributed by atoms with Gasteiger partial charge in [-0.05, 0) is 41.5 Å². The topological polar surface area (TPSA) is 26.3 Å². The molecule has 2 rings (SSSR count). The third-order valence-electron chi connectivity index (χ3n) is 2.29. The molecule has 0 saturated carbocycles. The summed E-state index contributed by atoms with van der Waals surface area (Å²) in [5.74, 6) is 0.146. The van der Waals surface area contributed by atoms with E-state index in [1.807, 2.05) is 12.1 Å². The predicted octanol–water partition coefficient (Wildman–Crippen LogP) is 4.59. The fourth-order valence-corrected chi connectivity index (χ4v) is 2.15. The molecular formula is C14H10Cl2O2. The summed E-state index contributed by atoms with van der Waals surface area (Å²) in [6.07, 6.45) is 0. The summed E-state index contributed by atoms with van der Waals surface area (Å²) in [6, 6.07) is 12.5. The lowest BCUT2D eigenvalue weighted by Gasteiger charge is -2.06.